The van der Waals surface area contributed by atoms with Gasteiger partial charge in [0.05, 0.1) is 5.69 Å². The van der Waals surface area contributed by atoms with Gasteiger partial charge in [0.2, 0.25) is 0 Å². The van der Waals surface area contributed by atoms with Gasteiger partial charge >= 0.3 is 0 Å². The Morgan fingerprint density at radius 2 is 1.94 bits per heavy atom. The maximum atomic E-state index is 11.1. The number of carbonyl (C=O) groups excluding carboxylic acids is 1. The molecule has 0 fully saturated rings. The summed E-state index contributed by atoms with van der Waals surface area (Å²) in [7, 11) is 0. The Balaban J connectivity index is 2.16. The lowest BCUT2D eigenvalue weighted by Gasteiger charge is -2.00. The van der Waals surface area contributed by atoms with Crippen molar-refractivity contribution in [2.75, 3.05) is 0 Å². The minimum atomic E-state index is 0.624. The second kappa shape index (κ2) is 6.26. The van der Waals surface area contributed by atoms with Crippen LogP contribution in [0, 0.1) is 0 Å². The Hall–Kier alpha value is -1.74. The number of benzene rings is 1. The molecule has 3 heteroatoms. The molecule has 0 saturated carbocycles. The van der Waals surface area contributed by atoms with Crippen molar-refractivity contribution in [2.24, 2.45) is 0 Å². The quantitative estimate of drug-likeness (QED) is 0.637. The van der Waals surface area contributed by atoms with Crippen LogP contribution in [0.2, 0.25) is 0 Å². The van der Waals surface area contributed by atoms with Crippen LogP contribution in [0.5, 0.6) is 0 Å². The summed E-state index contributed by atoms with van der Waals surface area (Å²) >= 11 is 3.39. The van der Waals surface area contributed by atoms with Gasteiger partial charge in [-0.05, 0) is 36.2 Å². The third kappa shape index (κ3) is 3.37. The van der Waals surface area contributed by atoms with Gasteiger partial charge in [-0.1, -0.05) is 40.2 Å². The summed E-state index contributed by atoms with van der Waals surface area (Å²) in [6.45, 7) is 0. The minimum absolute atomic E-state index is 0.624. The average molecular weight is 302 g/mol. The van der Waals surface area contributed by atoms with E-state index in [1.165, 1.54) is 0 Å². The van der Waals surface area contributed by atoms with Crippen molar-refractivity contribution in [3.63, 3.8) is 0 Å². The zero-order valence-electron chi connectivity index (χ0n) is 9.71. The largest absolute Gasteiger partial charge is 0.298 e. The van der Waals surface area contributed by atoms with Gasteiger partial charge in [-0.2, -0.15) is 0 Å². The highest BCUT2D eigenvalue weighted by Crippen LogP contribution is 2.14. The van der Waals surface area contributed by atoms with E-state index in [-0.39, 0.29) is 0 Å². The highest BCUT2D eigenvalue weighted by Gasteiger charge is 2.00. The summed E-state index contributed by atoms with van der Waals surface area (Å²) in [5.74, 6) is 0. The first-order chi connectivity index (χ1) is 8.79. The molecule has 0 unspecified atom stereocenters. The molecule has 0 amide bonds. The molecule has 0 N–H and O–H groups in total. The van der Waals surface area contributed by atoms with Crippen LogP contribution in [-0.2, 0) is 11.2 Å². The first kappa shape index (κ1) is 12.7. The molecule has 2 nitrogen and oxygen atoms in total. The summed E-state index contributed by atoms with van der Waals surface area (Å²) in [4.78, 5) is 15.2. The third-order valence-corrected chi connectivity index (χ3v) is 3.09. The zero-order chi connectivity index (χ0) is 12.8. The fourth-order valence-electron chi connectivity index (χ4n) is 1.59. The van der Waals surface area contributed by atoms with Gasteiger partial charge in [-0.25, -0.2) is 0 Å². The number of halogens is 1. The average Bonchev–Trinajstić information content (AvgIpc) is 2.43. The van der Waals surface area contributed by atoms with Crippen LogP contribution in [0.1, 0.15) is 11.3 Å². The molecule has 0 bridgehead atoms. The molecule has 0 aliphatic heterocycles. The van der Waals surface area contributed by atoms with Crippen LogP contribution in [0.25, 0.3) is 5.57 Å². The van der Waals surface area contributed by atoms with E-state index < -0.39 is 0 Å². The van der Waals surface area contributed by atoms with E-state index in [0.717, 1.165) is 22.7 Å². The van der Waals surface area contributed by atoms with Crippen molar-refractivity contribution in [1.29, 1.82) is 0 Å². The van der Waals surface area contributed by atoms with E-state index in [2.05, 4.69) is 20.9 Å². The number of aldehydes is 1. The lowest BCUT2D eigenvalue weighted by atomic mass is 10.1. The summed E-state index contributed by atoms with van der Waals surface area (Å²) in [6, 6.07) is 13.6. The number of nitrogens with zero attached hydrogens (tertiary/aromatic N) is 1. The third-order valence-electron chi connectivity index (χ3n) is 2.56. The highest BCUT2D eigenvalue weighted by atomic mass is 79.9. The predicted molar refractivity (Wildman–Crippen MR) is 76.1 cm³/mol. The molecular formula is C15H12BrNO. The van der Waals surface area contributed by atoms with Crippen molar-refractivity contribution in [1.82, 2.24) is 4.98 Å². The monoisotopic (exact) mass is 301 g/mol. The first-order valence-electron chi connectivity index (χ1n) is 5.61. The van der Waals surface area contributed by atoms with Crippen LogP contribution in [0.4, 0.5) is 0 Å². The Bertz CT molecular complexity index is 546. The number of aromatic nitrogens is 1. The SMILES string of the molecule is O=C/C(=C/Cc1ccc(Br)cc1)c1ccccn1. The second-order valence-corrected chi connectivity index (χ2v) is 4.74. The molecule has 1 heterocycles. The summed E-state index contributed by atoms with van der Waals surface area (Å²) in [5.41, 5.74) is 2.50. The van der Waals surface area contributed by atoms with Gasteiger partial charge in [0.25, 0.3) is 0 Å². The maximum Gasteiger partial charge on any atom is 0.151 e. The van der Waals surface area contributed by atoms with Gasteiger partial charge in [0.1, 0.15) is 0 Å². The van der Waals surface area contributed by atoms with Crippen LogP contribution in [-0.4, -0.2) is 11.3 Å². The molecule has 2 aromatic rings. The van der Waals surface area contributed by atoms with Gasteiger partial charge in [-0.15, -0.1) is 0 Å². The molecule has 0 radical (unpaired) electrons. The van der Waals surface area contributed by atoms with Crippen molar-refractivity contribution in [2.45, 2.75) is 6.42 Å². The highest BCUT2D eigenvalue weighted by molar-refractivity contribution is 9.10. The van der Waals surface area contributed by atoms with E-state index >= 15 is 0 Å². The predicted octanol–water partition coefficient (Wildman–Crippen LogP) is 3.67. The molecule has 0 spiro atoms. The molecule has 2 rings (SSSR count). The van der Waals surface area contributed by atoms with Crippen molar-refractivity contribution in [3.05, 3.63) is 70.5 Å². The topological polar surface area (TPSA) is 30.0 Å². The van der Waals surface area contributed by atoms with E-state index in [1.54, 1.807) is 6.20 Å². The van der Waals surface area contributed by atoms with Gasteiger partial charge in [0.15, 0.2) is 6.29 Å². The number of carbonyl (C=O) groups is 1. The Morgan fingerprint density at radius 1 is 1.17 bits per heavy atom. The van der Waals surface area contributed by atoms with Gasteiger partial charge in [0, 0.05) is 16.2 Å². The van der Waals surface area contributed by atoms with E-state index in [9.17, 15) is 4.79 Å². The number of hydrogen-bond acceptors (Lipinski definition) is 2. The van der Waals surface area contributed by atoms with Crippen LogP contribution >= 0.6 is 15.9 Å². The summed E-state index contributed by atoms with van der Waals surface area (Å²) in [5, 5.41) is 0. The second-order valence-electron chi connectivity index (χ2n) is 3.82. The molecule has 0 aliphatic rings. The molecule has 90 valence electrons. The molecule has 1 aromatic heterocycles. The summed E-state index contributed by atoms with van der Waals surface area (Å²) in [6.07, 6.45) is 5.16. The van der Waals surface area contributed by atoms with Crippen molar-refractivity contribution in [3.8, 4) is 0 Å². The fraction of sp³-hybridized carbons (Fsp3) is 0.0667. The first-order valence-corrected chi connectivity index (χ1v) is 6.40. The molecule has 0 aliphatic carbocycles. The Kier molecular flexibility index (Phi) is 4.42. The minimum Gasteiger partial charge on any atom is -0.298 e. The molecule has 18 heavy (non-hydrogen) atoms. The Morgan fingerprint density at radius 3 is 2.56 bits per heavy atom. The van der Waals surface area contributed by atoms with Crippen LogP contribution in [0.3, 0.4) is 0 Å². The smallest absolute Gasteiger partial charge is 0.151 e. The standard InChI is InChI=1S/C15H12BrNO/c16-14-8-5-12(6-9-14)4-7-13(11-18)15-3-1-2-10-17-15/h1-3,5-11H,4H2/b13-7-. The van der Waals surface area contributed by atoms with Gasteiger partial charge in [-0.3, -0.25) is 9.78 Å². The maximum absolute atomic E-state index is 11.1. The summed E-state index contributed by atoms with van der Waals surface area (Å²) < 4.78 is 1.05. The lowest BCUT2D eigenvalue weighted by Crippen LogP contribution is -1.91. The molecule has 1 aromatic carbocycles. The molecule has 0 atom stereocenters. The van der Waals surface area contributed by atoms with E-state index in [4.69, 9.17) is 0 Å². The molecule has 0 saturated heterocycles. The number of rotatable bonds is 4. The number of hydrogen-bond donors (Lipinski definition) is 0. The number of pyridine rings is 1. The van der Waals surface area contributed by atoms with Crippen LogP contribution in [0.15, 0.2) is 59.2 Å². The van der Waals surface area contributed by atoms with Crippen LogP contribution < -0.4 is 0 Å². The van der Waals surface area contributed by atoms with E-state index in [1.807, 2.05) is 48.5 Å². The zero-order valence-corrected chi connectivity index (χ0v) is 11.3. The van der Waals surface area contributed by atoms with E-state index in [0.29, 0.717) is 11.3 Å². The van der Waals surface area contributed by atoms with Crippen molar-refractivity contribution < 1.29 is 4.79 Å². The Labute approximate surface area is 115 Å². The molecular weight excluding hydrogens is 290 g/mol. The normalized spacial score (nSPS) is 11.3. The van der Waals surface area contributed by atoms with Crippen molar-refractivity contribution >= 4 is 27.8 Å². The fourth-order valence-corrected chi connectivity index (χ4v) is 1.86. The van der Waals surface area contributed by atoms with Gasteiger partial charge < -0.3 is 0 Å². The lowest BCUT2D eigenvalue weighted by molar-refractivity contribution is -0.103. The number of allylic oxidation sites excluding steroid dienone is 2.